The molecule has 0 aliphatic rings. The van der Waals surface area contributed by atoms with Gasteiger partial charge < -0.3 is 15.2 Å². The van der Waals surface area contributed by atoms with Gasteiger partial charge in [-0.05, 0) is 54.1 Å². The second-order valence-electron chi connectivity index (χ2n) is 6.11. The van der Waals surface area contributed by atoms with Crippen molar-refractivity contribution in [2.75, 3.05) is 12.1 Å². The van der Waals surface area contributed by atoms with Crippen molar-refractivity contribution in [2.45, 2.75) is 6.61 Å². The van der Waals surface area contributed by atoms with Gasteiger partial charge in [0.2, 0.25) is 0 Å². The summed E-state index contributed by atoms with van der Waals surface area (Å²) in [6, 6.07) is 22.2. The standard InChI is InChI=1S/C22H21N3O4/c1-28-19-13-9-18(10-14-19)25(24-22(23)27)21(26)17-7-11-20(12-8-17)29-15-16-5-3-2-4-6-16/h2-14H,15H2,1H3,(H3,23,24,27). The molecule has 3 N–H and O–H groups in total. The van der Waals surface area contributed by atoms with Crippen molar-refractivity contribution < 1.29 is 19.1 Å². The fraction of sp³-hybridized carbons (Fsp3) is 0.0909. The number of ether oxygens (including phenoxy) is 2. The molecule has 0 saturated carbocycles. The molecule has 148 valence electrons. The van der Waals surface area contributed by atoms with Crippen LogP contribution in [0.3, 0.4) is 0 Å². The number of hydrazine groups is 1. The molecule has 7 heteroatoms. The number of benzene rings is 3. The van der Waals surface area contributed by atoms with Crippen molar-refractivity contribution in [3.05, 3.63) is 90.0 Å². The van der Waals surface area contributed by atoms with Crippen LogP contribution < -0.4 is 25.6 Å². The van der Waals surface area contributed by atoms with Crippen LogP contribution in [0.25, 0.3) is 0 Å². The van der Waals surface area contributed by atoms with Gasteiger partial charge in [0.25, 0.3) is 5.91 Å². The monoisotopic (exact) mass is 391 g/mol. The zero-order valence-corrected chi connectivity index (χ0v) is 15.9. The van der Waals surface area contributed by atoms with Crippen molar-refractivity contribution >= 4 is 17.6 Å². The Morgan fingerprint density at radius 2 is 1.52 bits per heavy atom. The lowest BCUT2D eigenvalue weighted by molar-refractivity contribution is 0.0976. The maximum Gasteiger partial charge on any atom is 0.331 e. The molecule has 0 atom stereocenters. The average Bonchev–Trinajstić information content (AvgIpc) is 2.76. The molecule has 0 aromatic heterocycles. The summed E-state index contributed by atoms with van der Waals surface area (Å²) in [6.07, 6.45) is 0. The number of urea groups is 1. The van der Waals surface area contributed by atoms with Crippen LogP contribution >= 0.6 is 0 Å². The fourth-order valence-electron chi connectivity index (χ4n) is 2.64. The zero-order valence-electron chi connectivity index (χ0n) is 15.9. The second kappa shape index (κ2) is 9.27. The van der Waals surface area contributed by atoms with Gasteiger partial charge in [-0.1, -0.05) is 30.3 Å². The molecule has 0 saturated heterocycles. The van der Waals surface area contributed by atoms with Gasteiger partial charge in [0.05, 0.1) is 12.8 Å². The lowest BCUT2D eigenvalue weighted by Gasteiger charge is -2.22. The largest absolute Gasteiger partial charge is 0.497 e. The minimum absolute atomic E-state index is 0.363. The van der Waals surface area contributed by atoms with Gasteiger partial charge in [-0.15, -0.1) is 0 Å². The van der Waals surface area contributed by atoms with E-state index in [1.165, 1.54) is 0 Å². The molecular weight excluding hydrogens is 370 g/mol. The molecule has 0 aliphatic carbocycles. The van der Waals surface area contributed by atoms with Crippen molar-refractivity contribution in [2.24, 2.45) is 5.73 Å². The topological polar surface area (TPSA) is 93.9 Å². The number of amides is 3. The van der Waals surface area contributed by atoms with E-state index in [0.717, 1.165) is 10.6 Å². The Hall–Kier alpha value is -4.00. The smallest absolute Gasteiger partial charge is 0.331 e. The number of nitrogens with one attached hydrogen (secondary N) is 1. The third kappa shape index (κ3) is 5.26. The summed E-state index contributed by atoms with van der Waals surface area (Å²) in [5.74, 6) is 0.813. The van der Waals surface area contributed by atoms with E-state index in [9.17, 15) is 9.59 Å². The lowest BCUT2D eigenvalue weighted by Crippen LogP contribution is -2.48. The highest BCUT2D eigenvalue weighted by atomic mass is 16.5. The molecule has 0 heterocycles. The van der Waals surface area contributed by atoms with Gasteiger partial charge in [-0.3, -0.25) is 4.79 Å². The number of nitrogens with zero attached hydrogens (tertiary/aromatic N) is 1. The highest BCUT2D eigenvalue weighted by Crippen LogP contribution is 2.21. The summed E-state index contributed by atoms with van der Waals surface area (Å²) in [5.41, 5.74) is 9.43. The molecule has 0 fully saturated rings. The Labute approximate surface area is 168 Å². The van der Waals surface area contributed by atoms with Gasteiger partial charge >= 0.3 is 6.03 Å². The van der Waals surface area contributed by atoms with E-state index in [2.05, 4.69) is 5.43 Å². The summed E-state index contributed by atoms with van der Waals surface area (Å²) in [7, 11) is 1.54. The van der Waals surface area contributed by atoms with E-state index in [4.69, 9.17) is 15.2 Å². The number of carbonyl (C=O) groups is 2. The van der Waals surface area contributed by atoms with E-state index in [1.807, 2.05) is 30.3 Å². The number of primary amides is 1. The molecule has 0 radical (unpaired) electrons. The highest BCUT2D eigenvalue weighted by molar-refractivity contribution is 6.07. The third-order valence-corrected chi connectivity index (χ3v) is 4.11. The first kappa shape index (κ1) is 19.8. The van der Waals surface area contributed by atoms with Crippen LogP contribution in [0.1, 0.15) is 15.9 Å². The molecule has 29 heavy (non-hydrogen) atoms. The van der Waals surface area contributed by atoms with Crippen molar-refractivity contribution in [3.63, 3.8) is 0 Å². The van der Waals surface area contributed by atoms with Crippen LogP contribution in [-0.4, -0.2) is 19.0 Å². The number of rotatable bonds is 6. The van der Waals surface area contributed by atoms with Crippen LogP contribution in [0.15, 0.2) is 78.9 Å². The molecule has 0 aliphatic heterocycles. The first-order valence-electron chi connectivity index (χ1n) is 8.88. The minimum Gasteiger partial charge on any atom is -0.497 e. The SMILES string of the molecule is COc1ccc(N(NC(N)=O)C(=O)c2ccc(OCc3ccccc3)cc2)cc1. The summed E-state index contributed by atoms with van der Waals surface area (Å²) in [4.78, 5) is 24.3. The molecule has 0 bridgehead atoms. The van der Waals surface area contributed by atoms with Crippen molar-refractivity contribution in [3.8, 4) is 11.5 Å². The van der Waals surface area contributed by atoms with Crippen LogP contribution in [0.2, 0.25) is 0 Å². The number of carbonyl (C=O) groups excluding carboxylic acids is 2. The maximum atomic E-state index is 12.9. The summed E-state index contributed by atoms with van der Waals surface area (Å²) in [5, 5.41) is 1.08. The minimum atomic E-state index is -0.850. The lowest BCUT2D eigenvalue weighted by atomic mass is 10.2. The van der Waals surface area contributed by atoms with Gasteiger partial charge in [-0.25, -0.2) is 15.2 Å². The molecule has 0 unspecified atom stereocenters. The molecule has 7 nitrogen and oxygen atoms in total. The van der Waals surface area contributed by atoms with Gasteiger partial charge in [0.15, 0.2) is 0 Å². The van der Waals surface area contributed by atoms with Gasteiger partial charge in [-0.2, -0.15) is 0 Å². The predicted octanol–water partition coefficient (Wildman–Crippen LogP) is 3.50. The maximum absolute atomic E-state index is 12.9. The first-order chi connectivity index (χ1) is 14.1. The number of anilines is 1. The Morgan fingerprint density at radius 3 is 2.10 bits per heavy atom. The molecule has 3 aromatic rings. The Kier molecular flexibility index (Phi) is 6.32. The fourth-order valence-corrected chi connectivity index (χ4v) is 2.64. The summed E-state index contributed by atoms with van der Waals surface area (Å²) >= 11 is 0. The number of hydrogen-bond donors (Lipinski definition) is 2. The highest BCUT2D eigenvalue weighted by Gasteiger charge is 2.19. The van der Waals surface area contributed by atoms with E-state index >= 15 is 0 Å². The Morgan fingerprint density at radius 1 is 0.897 bits per heavy atom. The van der Waals surface area contributed by atoms with E-state index < -0.39 is 11.9 Å². The number of methoxy groups -OCH3 is 1. The number of hydrogen-bond acceptors (Lipinski definition) is 4. The third-order valence-electron chi connectivity index (χ3n) is 4.11. The quantitative estimate of drug-likeness (QED) is 0.629. The molecule has 3 rings (SSSR count). The van der Waals surface area contributed by atoms with E-state index in [0.29, 0.717) is 29.4 Å². The Balaban J connectivity index is 1.73. The molecule has 0 spiro atoms. The zero-order chi connectivity index (χ0) is 20.6. The molecular formula is C22H21N3O4. The summed E-state index contributed by atoms with van der Waals surface area (Å²) < 4.78 is 10.8. The van der Waals surface area contributed by atoms with Crippen LogP contribution in [0, 0.1) is 0 Å². The molecule has 3 aromatic carbocycles. The number of nitrogens with two attached hydrogens (primary N) is 1. The van der Waals surface area contributed by atoms with Crippen molar-refractivity contribution in [1.29, 1.82) is 0 Å². The van der Waals surface area contributed by atoms with Crippen LogP contribution in [0.4, 0.5) is 10.5 Å². The van der Waals surface area contributed by atoms with Crippen molar-refractivity contribution in [1.82, 2.24) is 5.43 Å². The summed E-state index contributed by atoms with van der Waals surface area (Å²) in [6.45, 7) is 0.426. The van der Waals surface area contributed by atoms with Crippen LogP contribution in [-0.2, 0) is 6.61 Å². The Bertz CT molecular complexity index is 958. The van der Waals surface area contributed by atoms with E-state index in [1.54, 1.807) is 55.6 Å². The van der Waals surface area contributed by atoms with E-state index in [-0.39, 0.29) is 0 Å². The predicted molar refractivity (Wildman–Crippen MR) is 110 cm³/mol. The average molecular weight is 391 g/mol. The van der Waals surface area contributed by atoms with Gasteiger partial charge in [0, 0.05) is 5.56 Å². The second-order valence-corrected chi connectivity index (χ2v) is 6.11. The first-order valence-corrected chi connectivity index (χ1v) is 8.88. The normalized spacial score (nSPS) is 10.1. The molecule has 3 amide bonds. The van der Waals surface area contributed by atoms with Gasteiger partial charge in [0.1, 0.15) is 18.1 Å². The van der Waals surface area contributed by atoms with Crippen LogP contribution in [0.5, 0.6) is 11.5 Å².